The van der Waals surface area contributed by atoms with Gasteiger partial charge in [-0.25, -0.2) is 8.78 Å². The summed E-state index contributed by atoms with van der Waals surface area (Å²) in [5.74, 6) is -1.66. The topological polar surface area (TPSA) is 29.9 Å². The lowest BCUT2D eigenvalue weighted by Gasteiger charge is -2.07. The highest BCUT2D eigenvalue weighted by molar-refractivity contribution is 5.85. The number of nitrogens with one attached hydrogen (secondary N) is 1. The van der Waals surface area contributed by atoms with Crippen molar-refractivity contribution in [3.05, 3.63) is 59.3 Å². The summed E-state index contributed by atoms with van der Waals surface area (Å²) >= 11 is 0. The van der Waals surface area contributed by atoms with Crippen molar-refractivity contribution in [1.29, 1.82) is 0 Å². The SMILES string of the molecule is Cc1nn(C)c2cc(NCc3ccc(F)c(F)c3)ccc12. The second-order valence-corrected chi connectivity index (χ2v) is 5.04. The fourth-order valence-electron chi connectivity index (χ4n) is 2.40. The Labute approximate surface area is 121 Å². The maximum atomic E-state index is 13.2. The Morgan fingerprint density at radius 3 is 2.67 bits per heavy atom. The second-order valence-electron chi connectivity index (χ2n) is 5.04. The van der Waals surface area contributed by atoms with Crippen molar-refractivity contribution in [2.24, 2.45) is 7.05 Å². The first-order chi connectivity index (χ1) is 10.0. The zero-order chi connectivity index (χ0) is 15.0. The molecule has 0 saturated heterocycles. The van der Waals surface area contributed by atoms with Crippen molar-refractivity contribution in [2.45, 2.75) is 13.5 Å². The molecule has 5 heteroatoms. The number of nitrogens with zero attached hydrogens (tertiary/aromatic N) is 2. The van der Waals surface area contributed by atoms with E-state index >= 15 is 0 Å². The molecule has 0 unspecified atom stereocenters. The first kappa shape index (κ1) is 13.5. The molecule has 0 saturated carbocycles. The highest BCUT2D eigenvalue weighted by Crippen LogP contribution is 2.22. The number of fused-ring (bicyclic) bond motifs is 1. The number of halogens is 2. The van der Waals surface area contributed by atoms with E-state index in [1.165, 1.54) is 6.07 Å². The molecule has 0 aliphatic rings. The molecule has 108 valence electrons. The standard InChI is InChI=1S/C16H15F2N3/c1-10-13-5-4-12(8-16(13)21(2)20-10)19-9-11-3-6-14(17)15(18)7-11/h3-8,19H,9H2,1-2H3. The van der Waals surface area contributed by atoms with Crippen molar-refractivity contribution < 1.29 is 8.78 Å². The van der Waals surface area contributed by atoms with Crippen LogP contribution in [0.5, 0.6) is 0 Å². The molecular formula is C16H15F2N3. The third-order valence-corrected chi connectivity index (χ3v) is 3.52. The molecule has 21 heavy (non-hydrogen) atoms. The minimum atomic E-state index is -0.828. The molecule has 3 rings (SSSR count). The van der Waals surface area contributed by atoms with Crippen LogP contribution >= 0.6 is 0 Å². The summed E-state index contributed by atoms with van der Waals surface area (Å²) in [6, 6.07) is 9.87. The molecule has 0 aliphatic heterocycles. The van der Waals surface area contributed by atoms with E-state index in [9.17, 15) is 8.78 Å². The summed E-state index contributed by atoms with van der Waals surface area (Å²) in [7, 11) is 1.90. The highest BCUT2D eigenvalue weighted by Gasteiger charge is 2.06. The average molecular weight is 287 g/mol. The Morgan fingerprint density at radius 2 is 1.90 bits per heavy atom. The number of hydrogen-bond acceptors (Lipinski definition) is 2. The molecule has 3 nitrogen and oxygen atoms in total. The van der Waals surface area contributed by atoms with E-state index in [2.05, 4.69) is 10.4 Å². The van der Waals surface area contributed by atoms with Crippen LogP contribution in [0, 0.1) is 18.6 Å². The summed E-state index contributed by atoms with van der Waals surface area (Å²) in [6.07, 6.45) is 0. The second kappa shape index (κ2) is 5.16. The van der Waals surface area contributed by atoms with Crippen molar-refractivity contribution in [3.63, 3.8) is 0 Å². The fraction of sp³-hybridized carbons (Fsp3) is 0.188. The number of aryl methyl sites for hydroxylation is 2. The Kier molecular flexibility index (Phi) is 3.33. The molecule has 0 amide bonds. The lowest BCUT2D eigenvalue weighted by Crippen LogP contribution is -2.00. The van der Waals surface area contributed by atoms with Crippen LogP contribution < -0.4 is 5.32 Å². The third kappa shape index (κ3) is 2.59. The summed E-state index contributed by atoms with van der Waals surface area (Å²) in [6.45, 7) is 2.40. The number of benzene rings is 2. The van der Waals surface area contributed by atoms with Crippen molar-refractivity contribution in [2.75, 3.05) is 5.32 Å². The van der Waals surface area contributed by atoms with Crippen LogP contribution in [0.25, 0.3) is 10.9 Å². The zero-order valence-electron chi connectivity index (χ0n) is 11.8. The van der Waals surface area contributed by atoms with Crippen LogP contribution in [-0.2, 0) is 13.6 Å². The van der Waals surface area contributed by atoms with Gasteiger partial charge in [-0.15, -0.1) is 0 Å². The summed E-state index contributed by atoms with van der Waals surface area (Å²) in [5.41, 5.74) is 3.62. The van der Waals surface area contributed by atoms with Crippen molar-refractivity contribution >= 4 is 16.6 Å². The molecule has 3 aromatic rings. The van der Waals surface area contributed by atoms with Gasteiger partial charge in [-0.1, -0.05) is 6.07 Å². The number of aromatic nitrogens is 2. The van der Waals surface area contributed by atoms with Gasteiger partial charge < -0.3 is 5.32 Å². The van der Waals surface area contributed by atoms with Crippen molar-refractivity contribution in [3.8, 4) is 0 Å². The summed E-state index contributed by atoms with van der Waals surface area (Å²) in [5, 5.41) is 8.68. The van der Waals surface area contributed by atoms with E-state index in [0.29, 0.717) is 12.1 Å². The highest BCUT2D eigenvalue weighted by atomic mass is 19.2. The van der Waals surface area contributed by atoms with Gasteiger partial charge in [-0.3, -0.25) is 4.68 Å². The van der Waals surface area contributed by atoms with E-state index in [1.54, 1.807) is 6.07 Å². The molecule has 1 N–H and O–H groups in total. The molecule has 1 aromatic heterocycles. The van der Waals surface area contributed by atoms with Gasteiger partial charge in [-0.2, -0.15) is 5.10 Å². The number of hydrogen-bond donors (Lipinski definition) is 1. The fourth-order valence-corrected chi connectivity index (χ4v) is 2.40. The number of rotatable bonds is 3. The number of anilines is 1. The maximum Gasteiger partial charge on any atom is 0.159 e. The van der Waals surface area contributed by atoms with Gasteiger partial charge in [-0.05, 0) is 42.8 Å². The van der Waals surface area contributed by atoms with Gasteiger partial charge in [0, 0.05) is 24.7 Å². The van der Waals surface area contributed by atoms with E-state index in [0.717, 1.165) is 28.4 Å². The predicted molar refractivity (Wildman–Crippen MR) is 79.1 cm³/mol. The maximum absolute atomic E-state index is 13.2. The lowest BCUT2D eigenvalue weighted by atomic mass is 10.2. The van der Waals surface area contributed by atoms with Crippen LogP contribution in [0.4, 0.5) is 14.5 Å². The average Bonchev–Trinajstić information content (AvgIpc) is 2.75. The first-order valence-electron chi connectivity index (χ1n) is 6.66. The van der Waals surface area contributed by atoms with Crippen LogP contribution in [0.3, 0.4) is 0 Å². The van der Waals surface area contributed by atoms with Crippen LogP contribution in [0.1, 0.15) is 11.3 Å². The van der Waals surface area contributed by atoms with Gasteiger partial charge in [0.1, 0.15) is 0 Å². The van der Waals surface area contributed by atoms with E-state index < -0.39 is 11.6 Å². The van der Waals surface area contributed by atoms with E-state index in [4.69, 9.17) is 0 Å². The van der Waals surface area contributed by atoms with Crippen LogP contribution in [0.15, 0.2) is 36.4 Å². The Morgan fingerprint density at radius 1 is 1.10 bits per heavy atom. The van der Waals surface area contributed by atoms with Gasteiger partial charge in [0.2, 0.25) is 0 Å². The Balaban J connectivity index is 1.81. The smallest absolute Gasteiger partial charge is 0.159 e. The first-order valence-corrected chi connectivity index (χ1v) is 6.66. The Bertz CT molecular complexity index is 809. The van der Waals surface area contributed by atoms with Gasteiger partial charge >= 0.3 is 0 Å². The molecule has 0 atom stereocenters. The summed E-state index contributed by atoms with van der Waals surface area (Å²) in [4.78, 5) is 0. The predicted octanol–water partition coefficient (Wildman–Crippen LogP) is 3.77. The third-order valence-electron chi connectivity index (χ3n) is 3.52. The molecule has 0 radical (unpaired) electrons. The lowest BCUT2D eigenvalue weighted by molar-refractivity contribution is 0.507. The Hall–Kier alpha value is -2.43. The summed E-state index contributed by atoms with van der Waals surface area (Å²) < 4.78 is 27.9. The minimum Gasteiger partial charge on any atom is -0.381 e. The normalized spacial score (nSPS) is 11.0. The van der Waals surface area contributed by atoms with Crippen LogP contribution in [-0.4, -0.2) is 9.78 Å². The molecule has 0 bridgehead atoms. The van der Waals surface area contributed by atoms with Crippen LogP contribution in [0.2, 0.25) is 0 Å². The zero-order valence-corrected chi connectivity index (χ0v) is 11.8. The quantitative estimate of drug-likeness (QED) is 0.794. The molecule has 0 fully saturated rings. The van der Waals surface area contributed by atoms with E-state index in [1.807, 2.05) is 36.9 Å². The monoisotopic (exact) mass is 287 g/mol. The van der Waals surface area contributed by atoms with Crippen molar-refractivity contribution in [1.82, 2.24) is 9.78 Å². The minimum absolute atomic E-state index is 0.430. The molecule has 2 aromatic carbocycles. The molecular weight excluding hydrogens is 272 g/mol. The van der Waals surface area contributed by atoms with Gasteiger partial charge in [0.25, 0.3) is 0 Å². The molecule has 0 spiro atoms. The van der Waals surface area contributed by atoms with Gasteiger partial charge in [0.05, 0.1) is 11.2 Å². The van der Waals surface area contributed by atoms with Gasteiger partial charge in [0.15, 0.2) is 11.6 Å². The largest absolute Gasteiger partial charge is 0.381 e. The molecule has 0 aliphatic carbocycles. The van der Waals surface area contributed by atoms with E-state index in [-0.39, 0.29) is 0 Å². The molecule has 1 heterocycles.